The third-order valence-corrected chi connectivity index (χ3v) is 7.95. The van der Waals surface area contributed by atoms with Crippen LogP contribution >= 0.6 is 0 Å². The van der Waals surface area contributed by atoms with Gasteiger partial charge in [0.1, 0.15) is 0 Å². The van der Waals surface area contributed by atoms with Crippen molar-refractivity contribution in [2.24, 2.45) is 17.8 Å². The minimum absolute atomic E-state index is 0.783. The van der Waals surface area contributed by atoms with Crippen LogP contribution in [-0.2, 0) is 0 Å². The lowest BCUT2D eigenvalue weighted by atomic mass is 9.68. The van der Waals surface area contributed by atoms with Crippen molar-refractivity contribution in [3.05, 3.63) is 29.8 Å². The molecule has 0 aromatic heterocycles. The third kappa shape index (κ3) is 6.82. The molecule has 2 saturated carbocycles. The van der Waals surface area contributed by atoms with E-state index in [0.29, 0.717) is 0 Å². The van der Waals surface area contributed by atoms with Crippen molar-refractivity contribution < 1.29 is 0 Å². The van der Waals surface area contributed by atoms with Gasteiger partial charge in [-0.15, -0.1) is 0 Å². The number of unbranched alkanes of at least 4 members (excludes halogenated alkanes) is 6. The Balaban J connectivity index is 1.28. The highest BCUT2D eigenvalue weighted by Gasteiger charge is 2.31. The molecule has 1 aromatic rings. The van der Waals surface area contributed by atoms with Crippen molar-refractivity contribution >= 4 is 5.69 Å². The Labute approximate surface area is 174 Å². The molecule has 2 N–H and O–H groups in total. The summed E-state index contributed by atoms with van der Waals surface area (Å²) in [7, 11) is 0. The highest BCUT2D eigenvalue weighted by molar-refractivity contribution is 5.40. The molecule has 0 spiro atoms. The maximum atomic E-state index is 5.85. The number of anilines is 1. The van der Waals surface area contributed by atoms with Gasteiger partial charge in [-0.1, -0.05) is 83.3 Å². The largest absolute Gasteiger partial charge is 0.399 e. The first-order chi connectivity index (χ1) is 13.8. The highest BCUT2D eigenvalue weighted by atomic mass is 14.5. The summed E-state index contributed by atoms with van der Waals surface area (Å²) in [6, 6.07) is 8.67. The van der Waals surface area contributed by atoms with Crippen molar-refractivity contribution in [2.75, 3.05) is 5.73 Å². The molecule has 2 aliphatic carbocycles. The van der Waals surface area contributed by atoms with Crippen molar-refractivity contribution in [1.29, 1.82) is 0 Å². The minimum atomic E-state index is 0.783. The summed E-state index contributed by atoms with van der Waals surface area (Å²) < 4.78 is 0. The molecule has 2 fully saturated rings. The SMILES string of the molecule is CCCCCCCCCC1CCC(C2CCC(c3ccc(N)cc3)CC2)CC1. The van der Waals surface area contributed by atoms with Gasteiger partial charge in [0.15, 0.2) is 0 Å². The van der Waals surface area contributed by atoms with Gasteiger partial charge in [-0.2, -0.15) is 0 Å². The normalized spacial score (nSPS) is 28.3. The van der Waals surface area contributed by atoms with E-state index in [2.05, 4.69) is 31.2 Å². The molecule has 0 bridgehead atoms. The zero-order valence-corrected chi connectivity index (χ0v) is 18.5. The minimum Gasteiger partial charge on any atom is -0.399 e. The van der Waals surface area contributed by atoms with Gasteiger partial charge in [-0.25, -0.2) is 0 Å². The summed E-state index contributed by atoms with van der Waals surface area (Å²) in [5.74, 6) is 3.89. The molecular weight excluding hydrogens is 338 g/mol. The van der Waals surface area contributed by atoms with Crippen LogP contribution in [0.15, 0.2) is 24.3 Å². The monoisotopic (exact) mass is 383 g/mol. The Morgan fingerprint density at radius 2 is 1.21 bits per heavy atom. The first-order valence-electron chi connectivity index (χ1n) is 12.6. The summed E-state index contributed by atoms with van der Waals surface area (Å²) in [6.07, 6.45) is 23.5. The van der Waals surface area contributed by atoms with Gasteiger partial charge >= 0.3 is 0 Å². The van der Waals surface area contributed by atoms with E-state index in [0.717, 1.165) is 29.4 Å². The number of benzene rings is 1. The highest BCUT2D eigenvalue weighted by Crippen LogP contribution is 2.44. The Morgan fingerprint density at radius 3 is 1.82 bits per heavy atom. The fourth-order valence-corrected chi connectivity index (χ4v) is 6.03. The second-order valence-corrected chi connectivity index (χ2v) is 9.97. The second kappa shape index (κ2) is 11.9. The van der Waals surface area contributed by atoms with Gasteiger partial charge < -0.3 is 5.73 Å². The number of nitrogens with two attached hydrogens (primary N) is 1. The van der Waals surface area contributed by atoms with Crippen LogP contribution in [0.3, 0.4) is 0 Å². The summed E-state index contributed by atoms with van der Waals surface area (Å²) in [5.41, 5.74) is 8.26. The molecule has 0 amide bonds. The van der Waals surface area contributed by atoms with Crippen molar-refractivity contribution in [3.8, 4) is 0 Å². The molecule has 1 heteroatoms. The molecule has 0 heterocycles. The van der Waals surface area contributed by atoms with E-state index in [1.807, 2.05) is 0 Å². The fourth-order valence-electron chi connectivity index (χ4n) is 6.03. The van der Waals surface area contributed by atoms with Crippen LogP contribution in [0, 0.1) is 17.8 Å². The predicted molar refractivity (Wildman–Crippen MR) is 124 cm³/mol. The number of hydrogen-bond acceptors (Lipinski definition) is 1. The average Bonchev–Trinajstić information content (AvgIpc) is 2.74. The molecular formula is C27H45N. The van der Waals surface area contributed by atoms with E-state index in [-0.39, 0.29) is 0 Å². The molecule has 0 atom stereocenters. The van der Waals surface area contributed by atoms with Crippen LogP contribution in [0.1, 0.15) is 121 Å². The molecule has 1 nitrogen and oxygen atoms in total. The van der Waals surface area contributed by atoms with Crippen molar-refractivity contribution in [2.45, 2.75) is 116 Å². The molecule has 3 rings (SSSR count). The van der Waals surface area contributed by atoms with Crippen molar-refractivity contribution in [1.82, 2.24) is 0 Å². The summed E-state index contributed by atoms with van der Waals surface area (Å²) in [5, 5.41) is 0. The van der Waals surface area contributed by atoms with Crippen LogP contribution in [0.25, 0.3) is 0 Å². The lowest BCUT2D eigenvalue weighted by molar-refractivity contribution is 0.155. The molecule has 0 radical (unpaired) electrons. The Morgan fingerprint density at radius 1 is 0.679 bits per heavy atom. The van der Waals surface area contributed by atoms with Crippen LogP contribution in [-0.4, -0.2) is 0 Å². The topological polar surface area (TPSA) is 26.0 Å². The van der Waals surface area contributed by atoms with Crippen LogP contribution in [0.5, 0.6) is 0 Å². The summed E-state index contributed by atoms with van der Waals surface area (Å²) in [4.78, 5) is 0. The van der Waals surface area contributed by atoms with E-state index in [4.69, 9.17) is 5.73 Å². The van der Waals surface area contributed by atoms with E-state index in [1.54, 1.807) is 0 Å². The first kappa shape index (κ1) is 21.7. The maximum Gasteiger partial charge on any atom is 0.0314 e. The van der Waals surface area contributed by atoms with Crippen LogP contribution < -0.4 is 5.73 Å². The summed E-state index contributed by atoms with van der Waals surface area (Å²) in [6.45, 7) is 2.31. The number of nitrogen functional groups attached to an aromatic ring is 1. The molecule has 0 aliphatic heterocycles. The Bertz CT molecular complexity index is 518. The van der Waals surface area contributed by atoms with Gasteiger partial charge in [0.05, 0.1) is 0 Å². The first-order valence-corrected chi connectivity index (χ1v) is 12.6. The zero-order chi connectivity index (χ0) is 19.6. The standard InChI is InChI=1S/C27H45N/c1-2-3-4-5-6-7-8-9-22-10-12-23(13-11-22)24-14-16-25(17-15-24)26-18-20-27(28)21-19-26/h18-25H,2-17,28H2,1H3. The zero-order valence-electron chi connectivity index (χ0n) is 18.5. The molecule has 158 valence electrons. The molecule has 0 unspecified atom stereocenters. The number of hydrogen-bond donors (Lipinski definition) is 1. The molecule has 28 heavy (non-hydrogen) atoms. The fraction of sp³-hybridized carbons (Fsp3) is 0.778. The van der Waals surface area contributed by atoms with Gasteiger partial charge in [0.2, 0.25) is 0 Å². The van der Waals surface area contributed by atoms with E-state index in [1.165, 1.54) is 108 Å². The number of rotatable bonds is 10. The Hall–Kier alpha value is -0.980. The van der Waals surface area contributed by atoms with E-state index < -0.39 is 0 Å². The van der Waals surface area contributed by atoms with Crippen molar-refractivity contribution in [3.63, 3.8) is 0 Å². The molecule has 2 aliphatic rings. The van der Waals surface area contributed by atoms with Crippen LogP contribution in [0.4, 0.5) is 5.69 Å². The maximum absolute atomic E-state index is 5.85. The quantitative estimate of drug-likeness (QED) is 0.318. The van der Waals surface area contributed by atoms with Crippen LogP contribution in [0.2, 0.25) is 0 Å². The van der Waals surface area contributed by atoms with Gasteiger partial charge in [-0.05, 0) is 79.9 Å². The van der Waals surface area contributed by atoms with Gasteiger partial charge in [0.25, 0.3) is 0 Å². The lowest BCUT2D eigenvalue weighted by Gasteiger charge is -2.38. The third-order valence-electron chi connectivity index (χ3n) is 7.95. The van der Waals surface area contributed by atoms with Gasteiger partial charge in [-0.3, -0.25) is 0 Å². The molecule has 1 aromatic carbocycles. The van der Waals surface area contributed by atoms with E-state index >= 15 is 0 Å². The smallest absolute Gasteiger partial charge is 0.0314 e. The average molecular weight is 384 g/mol. The van der Waals surface area contributed by atoms with E-state index in [9.17, 15) is 0 Å². The second-order valence-electron chi connectivity index (χ2n) is 9.97. The van der Waals surface area contributed by atoms with Gasteiger partial charge in [0, 0.05) is 5.69 Å². The predicted octanol–water partition coefficient (Wildman–Crippen LogP) is 8.49. The Kier molecular flexibility index (Phi) is 9.22. The summed E-state index contributed by atoms with van der Waals surface area (Å²) >= 11 is 0. The molecule has 0 saturated heterocycles. The lowest BCUT2D eigenvalue weighted by Crippen LogP contribution is -2.25.